The highest BCUT2D eigenvalue weighted by atomic mass is 16.6. The van der Waals surface area contributed by atoms with Gasteiger partial charge in [-0.2, -0.15) is 0 Å². The lowest BCUT2D eigenvalue weighted by Gasteiger charge is -2.22. The predicted molar refractivity (Wildman–Crippen MR) is 172 cm³/mol. The van der Waals surface area contributed by atoms with Crippen LogP contribution in [0.2, 0.25) is 0 Å². The zero-order chi connectivity index (χ0) is 32.3. The molecule has 2 fully saturated rings. The van der Waals surface area contributed by atoms with Crippen molar-refractivity contribution in [1.29, 1.82) is 0 Å². The topological polar surface area (TPSA) is 135 Å². The molecule has 0 aromatic rings. The van der Waals surface area contributed by atoms with Crippen molar-refractivity contribution in [3.8, 4) is 0 Å². The molecule has 0 atom stereocenters. The van der Waals surface area contributed by atoms with Gasteiger partial charge in [-0.15, -0.1) is 0 Å². The van der Waals surface area contributed by atoms with Crippen molar-refractivity contribution in [2.45, 2.75) is 37.9 Å². The summed E-state index contributed by atoms with van der Waals surface area (Å²) >= 11 is 0. The molecule has 2 aliphatic heterocycles. The first kappa shape index (κ1) is 41.6. The molecule has 2 aliphatic rings. The molecule has 0 radical (unpaired) electrons. The van der Waals surface area contributed by atoms with E-state index in [1.165, 1.54) is 0 Å². The third-order valence-corrected chi connectivity index (χ3v) is 7.08. The van der Waals surface area contributed by atoms with Crippen LogP contribution in [0.4, 0.5) is 0 Å². The number of hydrogen-bond acceptors (Lipinski definition) is 14. The van der Waals surface area contributed by atoms with Gasteiger partial charge in [0.15, 0.2) is 0 Å². The normalized spacial score (nSPS) is 16.4. The van der Waals surface area contributed by atoms with Crippen LogP contribution in [0, 0.1) is 0 Å². The van der Waals surface area contributed by atoms with E-state index in [0.717, 1.165) is 51.9 Å². The summed E-state index contributed by atoms with van der Waals surface area (Å²) < 4.78 is 66.6. The van der Waals surface area contributed by atoms with Crippen molar-refractivity contribution in [2.75, 3.05) is 172 Å². The van der Waals surface area contributed by atoms with Crippen molar-refractivity contribution in [2.24, 2.45) is 0 Å². The summed E-state index contributed by atoms with van der Waals surface area (Å²) in [5, 5.41) is 6.66. The maximum atomic E-state index is 5.79. The molecule has 46 heavy (non-hydrogen) atoms. The van der Waals surface area contributed by atoms with E-state index in [1.54, 1.807) is 0 Å². The van der Waals surface area contributed by atoms with E-state index in [9.17, 15) is 0 Å². The number of rotatable bonds is 35. The van der Waals surface area contributed by atoms with Gasteiger partial charge in [-0.25, -0.2) is 0 Å². The van der Waals surface area contributed by atoms with Crippen LogP contribution in [0.1, 0.15) is 25.7 Å². The molecule has 14 nitrogen and oxygen atoms in total. The fraction of sp³-hybridized carbons (Fsp3) is 1.00. The second-order valence-electron chi connectivity index (χ2n) is 10.8. The summed E-state index contributed by atoms with van der Waals surface area (Å²) in [7, 11) is 0. The first-order chi connectivity index (χ1) is 22.9. The summed E-state index contributed by atoms with van der Waals surface area (Å²) in [5.41, 5.74) is 0. The van der Waals surface area contributed by atoms with Crippen molar-refractivity contribution in [3.63, 3.8) is 0 Å². The molecule has 0 aromatic carbocycles. The monoisotopic (exact) mass is 668 g/mol. The van der Waals surface area contributed by atoms with Crippen LogP contribution in [0.3, 0.4) is 0 Å². The van der Waals surface area contributed by atoms with Crippen LogP contribution >= 0.6 is 0 Å². The van der Waals surface area contributed by atoms with Gasteiger partial charge in [0.05, 0.1) is 158 Å². The van der Waals surface area contributed by atoms with E-state index in [1.807, 2.05) is 0 Å². The fourth-order valence-electron chi connectivity index (χ4n) is 4.55. The third-order valence-electron chi connectivity index (χ3n) is 7.08. The molecular weight excluding hydrogens is 604 g/mol. The molecule has 0 saturated carbocycles. The lowest BCUT2D eigenvalue weighted by Crippen LogP contribution is -2.33. The molecular formula is C32H64N2O12. The molecule has 0 aliphatic carbocycles. The van der Waals surface area contributed by atoms with E-state index in [0.29, 0.717) is 158 Å². The van der Waals surface area contributed by atoms with E-state index >= 15 is 0 Å². The number of nitrogens with one attached hydrogen (secondary N) is 2. The molecule has 2 heterocycles. The Morgan fingerprint density at radius 3 is 0.630 bits per heavy atom. The minimum Gasteiger partial charge on any atom is -0.377 e. The molecule has 2 rings (SSSR count). The van der Waals surface area contributed by atoms with Crippen LogP contribution in [0.5, 0.6) is 0 Å². The standard InChI is InChI=1S/C32H64N2O12/c1-5-33-6-2-31(1)45-29-27-43-25-23-41-21-19-39-17-15-37-13-11-35-9-10-36-12-14-38-16-18-40-20-22-42-24-26-44-28-30-46-32-3-7-34-8-4-32/h31-34H,1-30H2. The van der Waals surface area contributed by atoms with Crippen LogP contribution in [0.15, 0.2) is 0 Å². The Bertz CT molecular complexity index is 551. The minimum absolute atomic E-state index is 0.373. The van der Waals surface area contributed by atoms with Gasteiger partial charge in [0, 0.05) is 0 Å². The van der Waals surface area contributed by atoms with Gasteiger partial charge < -0.3 is 67.5 Å². The lowest BCUT2D eigenvalue weighted by molar-refractivity contribution is -0.0340. The highest BCUT2D eigenvalue weighted by molar-refractivity contribution is 4.68. The Hall–Kier alpha value is -0.560. The molecule has 0 unspecified atom stereocenters. The summed E-state index contributed by atoms with van der Waals surface area (Å²) in [5.74, 6) is 0. The molecule has 0 aromatic heterocycles. The van der Waals surface area contributed by atoms with E-state index < -0.39 is 0 Å². The van der Waals surface area contributed by atoms with Gasteiger partial charge in [0.2, 0.25) is 0 Å². The second-order valence-corrected chi connectivity index (χ2v) is 10.8. The Balaban J connectivity index is 1.12. The first-order valence-electron chi connectivity index (χ1n) is 17.4. The SMILES string of the molecule is C1CC(OCCOCCOCCOCCOCCOCCOCCOCCOCCOCCOCCOC2CCNCC2)CCN1. The van der Waals surface area contributed by atoms with Crippen LogP contribution in [0.25, 0.3) is 0 Å². The second kappa shape index (κ2) is 34.3. The zero-order valence-electron chi connectivity index (χ0n) is 28.3. The largest absolute Gasteiger partial charge is 0.377 e. The summed E-state index contributed by atoms with van der Waals surface area (Å²) in [6, 6.07) is 0. The highest BCUT2D eigenvalue weighted by Gasteiger charge is 2.13. The van der Waals surface area contributed by atoms with Crippen molar-refractivity contribution >= 4 is 0 Å². The summed E-state index contributed by atoms with van der Waals surface area (Å²) in [6.45, 7) is 16.3. The smallest absolute Gasteiger partial charge is 0.0704 e. The molecule has 2 N–H and O–H groups in total. The third kappa shape index (κ3) is 28.5. The van der Waals surface area contributed by atoms with E-state index in [2.05, 4.69) is 10.6 Å². The van der Waals surface area contributed by atoms with Crippen LogP contribution < -0.4 is 10.6 Å². The molecule has 0 bridgehead atoms. The van der Waals surface area contributed by atoms with Crippen molar-refractivity contribution < 1.29 is 56.8 Å². The molecule has 274 valence electrons. The highest BCUT2D eigenvalue weighted by Crippen LogP contribution is 2.07. The quantitative estimate of drug-likeness (QED) is 0.0918. The molecule has 0 spiro atoms. The number of ether oxygens (including phenoxy) is 12. The summed E-state index contributed by atoms with van der Waals surface area (Å²) in [6.07, 6.45) is 5.08. The van der Waals surface area contributed by atoms with Gasteiger partial charge in [-0.1, -0.05) is 0 Å². The van der Waals surface area contributed by atoms with Gasteiger partial charge >= 0.3 is 0 Å². The van der Waals surface area contributed by atoms with Crippen molar-refractivity contribution in [1.82, 2.24) is 10.6 Å². The maximum absolute atomic E-state index is 5.79. The van der Waals surface area contributed by atoms with Crippen LogP contribution in [-0.4, -0.2) is 184 Å². The Kier molecular flexibility index (Phi) is 31.0. The van der Waals surface area contributed by atoms with Gasteiger partial charge in [0.25, 0.3) is 0 Å². The molecule has 0 amide bonds. The van der Waals surface area contributed by atoms with E-state index in [4.69, 9.17) is 56.8 Å². The zero-order valence-corrected chi connectivity index (χ0v) is 28.3. The predicted octanol–water partition coefficient (Wildman–Crippen LogP) is 0.690. The average Bonchev–Trinajstić information content (AvgIpc) is 3.09. The minimum atomic E-state index is 0.373. The lowest BCUT2D eigenvalue weighted by atomic mass is 10.1. The number of hydrogen-bond donors (Lipinski definition) is 2. The Morgan fingerprint density at radius 2 is 0.435 bits per heavy atom. The van der Waals surface area contributed by atoms with Crippen LogP contribution in [-0.2, 0) is 56.8 Å². The maximum Gasteiger partial charge on any atom is 0.0704 e. The van der Waals surface area contributed by atoms with Crippen molar-refractivity contribution in [3.05, 3.63) is 0 Å². The van der Waals surface area contributed by atoms with Gasteiger partial charge in [-0.3, -0.25) is 0 Å². The fourth-order valence-corrected chi connectivity index (χ4v) is 4.55. The number of piperidine rings is 2. The molecule has 14 heteroatoms. The molecule has 2 saturated heterocycles. The summed E-state index contributed by atoms with van der Waals surface area (Å²) in [4.78, 5) is 0. The van der Waals surface area contributed by atoms with Gasteiger partial charge in [-0.05, 0) is 51.9 Å². The average molecular weight is 669 g/mol. The van der Waals surface area contributed by atoms with Gasteiger partial charge in [0.1, 0.15) is 0 Å². The van der Waals surface area contributed by atoms with E-state index in [-0.39, 0.29) is 0 Å². The Labute approximate surface area is 277 Å². The Morgan fingerprint density at radius 1 is 0.261 bits per heavy atom. The first-order valence-corrected chi connectivity index (χ1v) is 17.4.